The van der Waals surface area contributed by atoms with Gasteiger partial charge in [-0.2, -0.15) is 0 Å². The lowest BCUT2D eigenvalue weighted by molar-refractivity contribution is 0.316. The molecule has 1 rings (SSSR count). The van der Waals surface area contributed by atoms with Crippen LogP contribution in [-0.4, -0.2) is 6.54 Å². The summed E-state index contributed by atoms with van der Waals surface area (Å²) in [4.78, 5) is 1.46. The fourth-order valence-corrected chi connectivity index (χ4v) is 2.42. The van der Waals surface area contributed by atoms with Crippen LogP contribution in [0.3, 0.4) is 0 Å². The van der Waals surface area contributed by atoms with E-state index in [0.29, 0.717) is 11.5 Å². The maximum Gasteiger partial charge on any atom is 0.0419 e. The first kappa shape index (κ1) is 11.7. The summed E-state index contributed by atoms with van der Waals surface area (Å²) in [5.74, 6) is 0. The summed E-state index contributed by atoms with van der Waals surface area (Å²) in [6, 6.07) is 4.89. The van der Waals surface area contributed by atoms with E-state index >= 15 is 0 Å². The van der Waals surface area contributed by atoms with Crippen LogP contribution in [0.4, 0.5) is 0 Å². The van der Waals surface area contributed by atoms with Crippen LogP contribution in [0.5, 0.6) is 0 Å². The molecular weight excluding hydrogens is 190 g/mol. The van der Waals surface area contributed by atoms with Crippen molar-refractivity contribution in [3.63, 3.8) is 0 Å². The molecule has 0 fully saturated rings. The molecule has 0 amide bonds. The van der Waals surface area contributed by atoms with Crippen LogP contribution in [-0.2, 0) is 0 Å². The molecule has 0 radical (unpaired) electrons. The smallest absolute Gasteiger partial charge is 0.0419 e. The van der Waals surface area contributed by atoms with Gasteiger partial charge in [0.2, 0.25) is 0 Å². The zero-order valence-electron chi connectivity index (χ0n) is 9.63. The van der Waals surface area contributed by atoms with E-state index in [4.69, 9.17) is 0 Å². The quantitative estimate of drug-likeness (QED) is 0.798. The summed E-state index contributed by atoms with van der Waals surface area (Å²) in [7, 11) is 0. The molecule has 0 saturated carbocycles. The molecule has 1 aromatic heterocycles. The van der Waals surface area contributed by atoms with E-state index in [9.17, 15) is 0 Å². The second-order valence-electron chi connectivity index (χ2n) is 4.89. The van der Waals surface area contributed by atoms with Crippen LogP contribution < -0.4 is 5.32 Å². The third-order valence-corrected chi connectivity index (χ3v) is 3.14. The molecule has 1 aromatic rings. The fourth-order valence-electron chi connectivity index (χ4n) is 1.62. The minimum absolute atomic E-state index is 0.386. The van der Waals surface area contributed by atoms with Crippen LogP contribution >= 0.6 is 11.3 Å². The molecular formula is C12H21NS. The van der Waals surface area contributed by atoms with E-state index < -0.39 is 0 Å². The Morgan fingerprint density at radius 3 is 2.57 bits per heavy atom. The molecule has 0 spiro atoms. The zero-order chi connectivity index (χ0) is 10.6. The first-order chi connectivity index (χ1) is 6.53. The molecule has 80 valence electrons. The SMILES string of the molecule is CCNC(CC(C)(C)C)c1cccs1. The second-order valence-corrected chi connectivity index (χ2v) is 5.87. The Balaban J connectivity index is 2.65. The van der Waals surface area contributed by atoms with Gasteiger partial charge in [0, 0.05) is 10.9 Å². The molecule has 0 aliphatic carbocycles. The molecule has 1 heterocycles. The number of hydrogen-bond acceptors (Lipinski definition) is 2. The van der Waals surface area contributed by atoms with Gasteiger partial charge in [-0.15, -0.1) is 11.3 Å². The summed E-state index contributed by atoms with van der Waals surface area (Å²) >= 11 is 1.85. The average molecular weight is 211 g/mol. The number of hydrogen-bond donors (Lipinski definition) is 1. The molecule has 0 aliphatic heterocycles. The lowest BCUT2D eigenvalue weighted by Crippen LogP contribution is -2.24. The summed E-state index contributed by atoms with van der Waals surface area (Å²) in [6.07, 6.45) is 1.20. The van der Waals surface area contributed by atoms with Crippen molar-refractivity contribution in [2.45, 2.75) is 40.2 Å². The van der Waals surface area contributed by atoms with Gasteiger partial charge in [0.15, 0.2) is 0 Å². The van der Waals surface area contributed by atoms with Crippen molar-refractivity contribution in [1.82, 2.24) is 5.32 Å². The highest BCUT2D eigenvalue weighted by Crippen LogP contribution is 2.31. The maximum absolute atomic E-state index is 3.55. The second kappa shape index (κ2) is 4.94. The summed E-state index contributed by atoms with van der Waals surface area (Å²) in [6.45, 7) is 10.1. The first-order valence-electron chi connectivity index (χ1n) is 5.29. The Morgan fingerprint density at radius 2 is 2.14 bits per heavy atom. The van der Waals surface area contributed by atoms with Gasteiger partial charge in [-0.05, 0) is 29.8 Å². The molecule has 14 heavy (non-hydrogen) atoms. The van der Waals surface area contributed by atoms with Crippen molar-refractivity contribution in [3.05, 3.63) is 22.4 Å². The third kappa shape index (κ3) is 3.81. The normalized spacial score (nSPS) is 14.3. The Kier molecular flexibility index (Phi) is 4.14. The molecule has 1 N–H and O–H groups in total. The molecule has 0 aromatic carbocycles. The van der Waals surface area contributed by atoms with Crippen LogP contribution in [0.2, 0.25) is 0 Å². The molecule has 1 atom stereocenters. The van der Waals surface area contributed by atoms with E-state index in [1.54, 1.807) is 0 Å². The number of thiophene rings is 1. The predicted octanol–water partition coefficient (Wildman–Crippen LogP) is 3.83. The van der Waals surface area contributed by atoms with Crippen molar-refractivity contribution >= 4 is 11.3 Å². The highest BCUT2D eigenvalue weighted by Gasteiger charge is 2.19. The van der Waals surface area contributed by atoms with Gasteiger partial charge in [0.1, 0.15) is 0 Å². The van der Waals surface area contributed by atoms with E-state index in [1.165, 1.54) is 11.3 Å². The van der Waals surface area contributed by atoms with E-state index in [0.717, 1.165) is 6.54 Å². The van der Waals surface area contributed by atoms with E-state index in [2.05, 4.69) is 50.5 Å². The van der Waals surface area contributed by atoms with Gasteiger partial charge in [0.25, 0.3) is 0 Å². The Morgan fingerprint density at radius 1 is 1.43 bits per heavy atom. The fraction of sp³-hybridized carbons (Fsp3) is 0.667. The van der Waals surface area contributed by atoms with Crippen molar-refractivity contribution in [2.24, 2.45) is 5.41 Å². The number of nitrogens with one attached hydrogen (secondary N) is 1. The summed E-state index contributed by atoms with van der Waals surface area (Å²) < 4.78 is 0. The highest BCUT2D eigenvalue weighted by molar-refractivity contribution is 7.10. The monoisotopic (exact) mass is 211 g/mol. The predicted molar refractivity (Wildman–Crippen MR) is 64.8 cm³/mol. The zero-order valence-corrected chi connectivity index (χ0v) is 10.4. The molecule has 1 nitrogen and oxygen atoms in total. The van der Waals surface area contributed by atoms with Gasteiger partial charge in [0.05, 0.1) is 0 Å². The Labute approximate surface area is 91.5 Å². The van der Waals surface area contributed by atoms with Crippen molar-refractivity contribution in [3.8, 4) is 0 Å². The largest absolute Gasteiger partial charge is 0.310 e. The maximum atomic E-state index is 3.55. The Bertz CT molecular complexity index is 246. The third-order valence-electron chi connectivity index (χ3n) is 2.15. The minimum atomic E-state index is 0.386. The summed E-state index contributed by atoms with van der Waals surface area (Å²) in [5, 5.41) is 5.71. The van der Waals surface area contributed by atoms with Crippen LogP contribution in [0.1, 0.15) is 45.0 Å². The van der Waals surface area contributed by atoms with Crippen LogP contribution in [0.25, 0.3) is 0 Å². The average Bonchev–Trinajstić information content (AvgIpc) is 2.52. The lowest BCUT2D eigenvalue weighted by atomic mass is 9.87. The molecule has 0 aliphatic rings. The standard InChI is InChI=1S/C12H21NS/c1-5-13-10(9-12(2,3)4)11-7-6-8-14-11/h6-8,10,13H,5,9H2,1-4H3. The van der Waals surface area contributed by atoms with E-state index in [1.807, 2.05) is 11.3 Å². The lowest BCUT2D eigenvalue weighted by Gasteiger charge is -2.25. The van der Waals surface area contributed by atoms with E-state index in [-0.39, 0.29) is 0 Å². The van der Waals surface area contributed by atoms with Crippen molar-refractivity contribution in [1.29, 1.82) is 0 Å². The van der Waals surface area contributed by atoms with Crippen molar-refractivity contribution < 1.29 is 0 Å². The molecule has 0 bridgehead atoms. The number of rotatable bonds is 4. The molecule has 1 unspecified atom stereocenters. The van der Waals surface area contributed by atoms with Gasteiger partial charge in [-0.25, -0.2) is 0 Å². The van der Waals surface area contributed by atoms with Gasteiger partial charge in [-0.1, -0.05) is 33.8 Å². The van der Waals surface area contributed by atoms with Gasteiger partial charge in [-0.3, -0.25) is 0 Å². The Hall–Kier alpha value is -0.340. The van der Waals surface area contributed by atoms with Crippen molar-refractivity contribution in [2.75, 3.05) is 6.54 Å². The van der Waals surface area contributed by atoms with Gasteiger partial charge >= 0.3 is 0 Å². The first-order valence-corrected chi connectivity index (χ1v) is 6.17. The summed E-state index contributed by atoms with van der Waals surface area (Å²) in [5.41, 5.74) is 0.386. The molecule has 0 saturated heterocycles. The highest BCUT2D eigenvalue weighted by atomic mass is 32.1. The molecule has 2 heteroatoms. The van der Waals surface area contributed by atoms with Crippen LogP contribution in [0.15, 0.2) is 17.5 Å². The topological polar surface area (TPSA) is 12.0 Å². The van der Waals surface area contributed by atoms with Crippen LogP contribution in [0, 0.1) is 5.41 Å². The van der Waals surface area contributed by atoms with Gasteiger partial charge < -0.3 is 5.32 Å². The minimum Gasteiger partial charge on any atom is -0.310 e.